The fraction of sp³-hybridized carbons (Fsp3) is 0.923. The molecule has 5 heteroatoms. The Hall–Kier alpha value is -0.650. The molecule has 0 aromatic carbocycles. The topological polar surface area (TPSA) is 50.8 Å². The van der Waals surface area contributed by atoms with Crippen LogP contribution in [0.2, 0.25) is 0 Å². The summed E-state index contributed by atoms with van der Waals surface area (Å²) in [4.78, 5) is 14.2. The Morgan fingerprint density at radius 2 is 2.17 bits per heavy atom. The molecule has 3 unspecified atom stereocenters. The van der Waals surface area contributed by atoms with Crippen LogP contribution in [0, 0.1) is 0 Å². The highest BCUT2D eigenvalue weighted by Crippen LogP contribution is 2.21. The Morgan fingerprint density at radius 1 is 1.50 bits per heavy atom. The molecule has 0 aromatic heterocycles. The van der Waals surface area contributed by atoms with Gasteiger partial charge in [-0.3, -0.25) is 9.69 Å². The van der Waals surface area contributed by atoms with Gasteiger partial charge in [0.05, 0.1) is 13.2 Å². The van der Waals surface area contributed by atoms with Crippen LogP contribution in [0.5, 0.6) is 0 Å². The third-order valence-electron chi connectivity index (χ3n) is 4.01. The molecule has 1 rings (SSSR count). The lowest BCUT2D eigenvalue weighted by molar-refractivity contribution is -0.149. The van der Waals surface area contributed by atoms with Crippen molar-refractivity contribution in [2.75, 3.05) is 34.4 Å². The van der Waals surface area contributed by atoms with Crippen molar-refractivity contribution in [3.05, 3.63) is 0 Å². The van der Waals surface area contributed by atoms with Crippen molar-refractivity contribution in [1.82, 2.24) is 10.2 Å². The number of methoxy groups -OCH3 is 2. The largest absolute Gasteiger partial charge is 0.468 e. The van der Waals surface area contributed by atoms with Crippen molar-refractivity contribution in [2.45, 2.75) is 44.4 Å². The summed E-state index contributed by atoms with van der Waals surface area (Å²) in [5.41, 5.74) is -0.650. The Kier molecular flexibility index (Phi) is 5.56. The monoisotopic (exact) mass is 258 g/mol. The maximum atomic E-state index is 11.8. The smallest absolute Gasteiger partial charge is 0.327 e. The molecule has 1 aliphatic heterocycles. The molecule has 0 saturated carbocycles. The molecular weight excluding hydrogens is 232 g/mol. The first-order valence-corrected chi connectivity index (χ1v) is 6.51. The van der Waals surface area contributed by atoms with Crippen molar-refractivity contribution in [1.29, 1.82) is 0 Å². The molecule has 1 N–H and O–H groups in total. The van der Waals surface area contributed by atoms with E-state index in [-0.39, 0.29) is 5.97 Å². The number of nitrogens with zero attached hydrogens (tertiary/aromatic N) is 1. The molecule has 0 bridgehead atoms. The van der Waals surface area contributed by atoms with Crippen molar-refractivity contribution in [2.24, 2.45) is 0 Å². The van der Waals surface area contributed by atoms with Gasteiger partial charge >= 0.3 is 5.97 Å². The molecule has 0 aromatic rings. The molecule has 1 saturated heterocycles. The van der Waals surface area contributed by atoms with Crippen LogP contribution in [0.4, 0.5) is 0 Å². The molecule has 0 radical (unpaired) electrons. The highest BCUT2D eigenvalue weighted by atomic mass is 16.5. The number of esters is 1. The van der Waals surface area contributed by atoms with E-state index in [9.17, 15) is 4.79 Å². The van der Waals surface area contributed by atoms with Crippen LogP contribution < -0.4 is 5.32 Å². The van der Waals surface area contributed by atoms with Crippen molar-refractivity contribution in [3.8, 4) is 0 Å². The van der Waals surface area contributed by atoms with Gasteiger partial charge in [0.2, 0.25) is 0 Å². The van der Waals surface area contributed by atoms with Gasteiger partial charge in [-0.2, -0.15) is 0 Å². The molecule has 5 nitrogen and oxygen atoms in total. The molecular formula is C13H26N2O3. The summed E-state index contributed by atoms with van der Waals surface area (Å²) in [6.07, 6.45) is 2.37. The van der Waals surface area contributed by atoms with Gasteiger partial charge < -0.3 is 14.8 Å². The lowest BCUT2D eigenvalue weighted by Crippen LogP contribution is -2.59. The minimum atomic E-state index is -0.650. The van der Waals surface area contributed by atoms with Gasteiger partial charge in [0.15, 0.2) is 0 Å². The zero-order chi connectivity index (χ0) is 13.8. The van der Waals surface area contributed by atoms with Gasteiger partial charge in [-0.15, -0.1) is 0 Å². The summed E-state index contributed by atoms with van der Waals surface area (Å²) in [5.74, 6) is -0.217. The van der Waals surface area contributed by atoms with Crippen LogP contribution in [-0.2, 0) is 14.3 Å². The van der Waals surface area contributed by atoms with Crippen LogP contribution in [0.3, 0.4) is 0 Å². The second-order valence-corrected chi connectivity index (χ2v) is 5.28. The van der Waals surface area contributed by atoms with E-state index in [0.717, 1.165) is 19.4 Å². The number of likely N-dealkylation sites (tertiary alicyclic amines) is 1. The second kappa shape index (κ2) is 6.50. The van der Waals surface area contributed by atoms with Crippen molar-refractivity contribution >= 4 is 5.97 Å². The summed E-state index contributed by atoms with van der Waals surface area (Å²) in [6, 6.07) is 0.418. The number of hydrogen-bond donors (Lipinski definition) is 1. The molecule has 0 amide bonds. The average Bonchev–Trinajstić information content (AvgIpc) is 2.39. The van der Waals surface area contributed by atoms with Gasteiger partial charge in [0.25, 0.3) is 0 Å². The highest BCUT2D eigenvalue weighted by Gasteiger charge is 2.37. The van der Waals surface area contributed by atoms with Gasteiger partial charge in [-0.05, 0) is 33.7 Å². The summed E-state index contributed by atoms with van der Waals surface area (Å²) < 4.78 is 10.3. The van der Waals surface area contributed by atoms with E-state index >= 15 is 0 Å². The van der Waals surface area contributed by atoms with E-state index in [1.165, 1.54) is 7.11 Å². The number of hydrogen-bond acceptors (Lipinski definition) is 5. The number of piperidine rings is 1. The lowest BCUT2D eigenvalue weighted by atomic mass is 9.95. The zero-order valence-electron chi connectivity index (χ0n) is 12.2. The standard InChI is InChI=1S/C13H26N2O3/c1-10-8-11(17-4)6-7-15(10)9-13(2,14-3)12(16)18-5/h10-11,14H,6-9H2,1-5H3. The van der Waals surface area contributed by atoms with E-state index in [1.54, 1.807) is 14.2 Å². The van der Waals surface area contributed by atoms with Gasteiger partial charge in [-0.1, -0.05) is 0 Å². The molecule has 1 aliphatic rings. The van der Waals surface area contributed by atoms with Crippen LogP contribution in [0.15, 0.2) is 0 Å². The van der Waals surface area contributed by atoms with Crippen molar-refractivity contribution in [3.63, 3.8) is 0 Å². The maximum absolute atomic E-state index is 11.8. The number of carbonyl (C=O) groups is 1. The Morgan fingerprint density at radius 3 is 2.61 bits per heavy atom. The average molecular weight is 258 g/mol. The zero-order valence-corrected chi connectivity index (χ0v) is 12.2. The first kappa shape index (κ1) is 15.4. The minimum absolute atomic E-state index is 0.217. The number of nitrogens with one attached hydrogen (secondary N) is 1. The number of ether oxygens (including phenoxy) is 2. The molecule has 1 fully saturated rings. The van der Waals surface area contributed by atoms with E-state index in [1.807, 2.05) is 6.92 Å². The summed E-state index contributed by atoms with van der Waals surface area (Å²) in [6.45, 7) is 5.67. The van der Waals surface area contributed by atoms with Gasteiger partial charge in [0, 0.05) is 26.2 Å². The first-order chi connectivity index (χ1) is 8.46. The van der Waals surface area contributed by atoms with E-state index < -0.39 is 5.54 Å². The molecule has 3 atom stereocenters. The fourth-order valence-electron chi connectivity index (χ4n) is 2.50. The molecule has 1 heterocycles. The molecule has 0 spiro atoms. The highest BCUT2D eigenvalue weighted by molar-refractivity contribution is 5.80. The van der Waals surface area contributed by atoms with Gasteiger partial charge in [-0.25, -0.2) is 0 Å². The Bertz CT molecular complexity index is 285. The van der Waals surface area contributed by atoms with Crippen LogP contribution in [0.25, 0.3) is 0 Å². The third kappa shape index (κ3) is 3.43. The SMILES string of the molecule is CNC(C)(CN1CCC(OC)CC1C)C(=O)OC. The first-order valence-electron chi connectivity index (χ1n) is 6.51. The van der Waals surface area contributed by atoms with Crippen LogP contribution in [0.1, 0.15) is 26.7 Å². The third-order valence-corrected chi connectivity index (χ3v) is 4.01. The quantitative estimate of drug-likeness (QED) is 0.733. The molecule has 18 heavy (non-hydrogen) atoms. The molecule has 0 aliphatic carbocycles. The summed E-state index contributed by atoms with van der Waals surface area (Å²) >= 11 is 0. The van der Waals surface area contributed by atoms with E-state index in [4.69, 9.17) is 9.47 Å². The van der Waals surface area contributed by atoms with Gasteiger partial charge in [0.1, 0.15) is 5.54 Å². The Balaban J connectivity index is 2.63. The number of carbonyl (C=O) groups excluding carboxylic acids is 1. The van der Waals surface area contributed by atoms with E-state index in [0.29, 0.717) is 18.7 Å². The predicted molar refractivity (Wildman–Crippen MR) is 70.5 cm³/mol. The Labute approximate surface area is 110 Å². The number of likely N-dealkylation sites (N-methyl/N-ethyl adjacent to an activating group) is 1. The van der Waals surface area contributed by atoms with Crippen molar-refractivity contribution < 1.29 is 14.3 Å². The summed E-state index contributed by atoms with van der Waals surface area (Å²) in [5, 5.41) is 3.07. The van der Waals surface area contributed by atoms with Crippen LogP contribution in [-0.4, -0.2) is 62.9 Å². The second-order valence-electron chi connectivity index (χ2n) is 5.28. The fourth-order valence-corrected chi connectivity index (χ4v) is 2.50. The number of rotatable bonds is 5. The minimum Gasteiger partial charge on any atom is -0.468 e. The summed E-state index contributed by atoms with van der Waals surface area (Å²) in [7, 11) is 4.99. The van der Waals surface area contributed by atoms with Crippen LogP contribution >= 0.6 is 0 Å². The molecule has 106 valence electrons. The van der Waals surface area contributed by atoms with E-state index in [2.05, 4.69) is 17.1 Å². The normalized spacial score (nSPS) is 28.7. The maximum Gasteiger partial charge on any atom is 0.327 e. The predicted octanol–water partition coefficient (Wildman–Crippen LogP) is 0.637. The lowest BCUT2D eigenvalue weighted by Gasteiger charge is -2.41.